The Kier molecular flexibility index (Phi) is 6.06. The van der Waals surface area contributed by atoms with Crippen LogP contribution in [-0.4, -0.2) is 54.0 Å². The van der Waals surface area contributed by atoms with Gasteiger partial charge in [0.05, 0.1) is 29.0 Å². The quantitative estimate of drug-likeness (QED) is 0.611. The molecule has 0 unspecified atom stereocenters. The Morgan fingerprint density at radius 1 is 1.10 bits per heavy atom. The summed E-state index contributed by atoms with van der Waals surface area (Å²) in [5.41, 5.74) is 2.29. The minimum atomic E-state index is 0.00530. The van der Waals surface area contributed by atoms with Gasteiger partial charge in [-0.3, -0.25) is 9.69 Å². The maximum absolute atomic E-state index is 12.9. The summed E-state index contributed by atoms with van der Waals surface area (Å²) < 4.78 is 11.2. The maximum atomic E-state index is 12.9. The lowest BCUT2D eigenvalue weighted by Crippen LogP contribution is -2.48. The van der Waals surface area contributed by atoms with Crippen molar-refractivity contribution in [1.29, 1.82) is 0 Å². The van der Waals surface area contributed by atoms with E-state index in [1.54, 1.807) is 7.11 Å². The van der Waals surface area contributed by atoms with Crippen LogP contribution in [0.4, 0.5) is 0 Å². The van der Waals surface area contributed by atoms with Crippen molar-refractivity contribution in [3.63, 3.8) is 0 Å². The van der Waals surface area contributed by atoms with Gasteiger partial charge in [0.15, 0.2) is 0 Å². The van der Waals surface area contributed by atoms with Gasteiger partial charge in [0.25, 0.3) is 5.91 Å². The molecule has 1 aliphatic heterocycles. The number of benzene rings is 2. The first-order chi connectivity index (χ1) is 14.6. The van der Waals surface area contributed by atoms with Crippen LogP contribution in [0, 0.1) is 6.92 Å². The van der Waals surface area contributed by atoms with Gasteiger partial charge < -0.3 is 14.1 Å². The fourth-order valence-electron chi connectivity index (χ4n) is 3.64. The highest BCUT2D eigenvalue weighted by molar-refractivity contribution is 6.33. The Morgan fingerprint density at radius 3 is 2.53 bits per heavy atom. The predicted molar refractivity (Wildman–Crippen MR) is 116 cm³/mol. The van der Waals surface area contributed by atoms with Crippen molar-refractivity contribution in [2.45, 2.75) is 13.5 Å². The van der Waals surface area contributed by atoms with E-state index in [0.717, 1.165) is 30.1 Å². The molecule has 30 heavy (non-hydrogen) atoms. The SMILES string of the molecule is COc1ccccc1C(=O)N1CCN(Cc2nc(-c3ccccc3Cl)oc2C)CC1. The lowest BCUT2D eigenvalue weighted by Gasteiger charge is -2.34. The van der Waals surface area contributed by atoms with Crippen LogP contribution in [0.5, 0.6) is 5.75 Å². The third kappa shape index (κ3) is 4.20. The number of ether oxygens (including phenoxy) is 1. The number of oxazole rings is 1. The highest BCUT2D eigenvalue weighted by Gasteiger charge is 2.25. The molecule has 1 amide bonds. The molecule has 0 saturated carbocycles. The second kappa shape index (κ2) is 8.90. The van der Waals surface area contributed by atoms with Gasteiger partial charge in [0.1, 0.15) is 11.5 Å². The Morgan fingerprint density at radius 2 is 1.80 bits per heavy atom. The van der Waals surface area contributed by atoms with Gasteiger partial charge in [-0.05, 0) is 31.2 Å². The predicted octanol–water partition coefficient (Wildman–Crippen LogP) is 4.27. The summed E-state index contributed by atoms with van der Waals surface area (Å²) in [6.45, 7) is 5.46. The fourth-order valence-corrected chi connectivity index (χ4v) is 3.85. The molecule has 4 rings (SSSR count). The summed E-state index contributed by atoms with van der Waals surface area (Å²) in [6.07, 6.45) is 0. The first-order valence-corrected chi connectivity index (χ1v) is 10.3. The number of aryl methyl sites for hydroxylation is 1. The second-order valence-corrected chi connectivity index (χ2v) is 7.68. The minimum absolute atomic E-state index is 0.00530. The van der Waals surface area contributed by atoms with Gasteiger partial charge in [-0.1, -0.05) is 35.9 Å². The summed E-state index contributed by atoms with van der Waals surface area (Å²) in [5.74, 6) is 1.94. The van der Waals surface area contributed by atoms with E-state index in [1.165, 1.54) is 0 Å². The van der Waals surface area contributed by atoms with E-state index in [-0.39, 0.29) is 5.91 Å². The van der Waals surface area contributed by atoms with E-state index in [0.29, 0.717) is 41.9 Å². The number of rotatable bonds is 5. The molecule has 1 fully saturated rings. The summed E-state index contributed by atoms with van der Waals surface area (Å²) >= 11 is 6.27. The fraction of sp³-hybridized carbons (Fsp3) is 0.304. The summed E-state index contributed by atoms with van der Waals surface area (Å²) in [6, 6.07) is 14.9. The first kappa shape index (κ1) is 20.4. The molecule has 0 radical (unpaired) electrons. The molecular weight excluding hydrogens is 402 g/mol. The monoisotopic (exact) mass is 425 g/mol. The van der Waals surface area contributed by atoms with Crippen LogP contribution in [0.1, 0.15) is 21.8 Å². The van der Waals surface area contributed by atoms with Crippen LogP contribution in [0.15, 0.2) is 52.9 Å². The molecule has 1 aliphatic rings. The molecule has 6 nitrogen and oxygen atoms in total. The zero-order valence-electron chi connectivity index (χ0n) is 17.1. The number of halogens is 1. The number of aromatic nitrogens is 1. The molecular formula is C23H24ClN3O3. The maximum Gasteiger partial charge on any atom is 0.257 e. The molecule has 0 bridgehead atoms. The number of piperazine rings is 1. The Balaban J connectivity index is 1.40. The van der Waals surface area contributed by atoms with Crippen LogP contribution in [0.25, 0.3) is 11.5 Å². The van der Waals surface area contributed by atoms with Crippen molar-refractivity contribution in [2.24, 2.45) is 0 Å². The van der Waals surface area contributed by atoms with Crippen molar-refractivity contribution in [2.75, 3.05) is 33.3 Å². The van der Waals surface area contributed by atoms with Crippen molar-refractivity contribution in [3.05, 3.63) is 70.6 Å². The molecule has 2 aromatic carbocycles. The number of para-hydroxylation sites is 1. The average molecular weight is 426 g/mol. The molecule has 0 aliphatic carbocycles. The summed E-state index contributed by atoms with van der Waals surface area (Å²) in [5, 5.41) is 0.619. The lowest BCUT2D eigenvalue weighted by atomic mass is 10.1. The largest absolute Gasteiger partial charge is 0.496 e. The third-order valence-electron chi connectivity index (χ3n) is 5.37. The Labute approximate surface area is 181 Å². The van der Waals surface area contributed by atoms with Gasteiger partial charge >= 0.3 is 0 Å². The molecule has 0 spiro atoms. The van der Waals surface area contributed by atoms with E-state index in [1.807, 2.05) is 60.4 Å². The standard InChI is InChI=1S/C23H24ClN3O3/c1-16-20(25-22(30-16)17-7-3-5-9-19(17)24)15-26-11-13-27(14-12-26)23(28)18-8-4-6-10-21(18)29-2/h3-10H,11-15H2,1-2H3. The highest BCUT2D eigenvalue weighted by Crippen LogP contribution is 2.29. The van der Waals surface area contributed by atoms with Gasteiger partial charge in [-0.2, -0.15) is 0 Å². The minimum Gasteiger partial charge on any atom is -0.496 e. The van der Waals surface area contributed by atoms with Crippen LogP contribution in [0.2, 0.25) is 5.02 Å². The van der Waals surface area contributed by atoms with Crippen LogP contribution in [0.3, 0.4) is 0 Å². The van der Waals surface area contributed by atoms with Crippen LogP contribution >= 0.6 is 11.6 Å². The molecule has 0 atom stereocenters. The second-order valence-electron chi connectivity index (χ2n) is 7.27. The van der Waals surface area contributed by atoms with Crippen molar-refractivity contribution >= 4 is 17.5 Å². The van der Waals surface area contributed by atoms with Gasteiger partial charge in [-0.25, -0.2) is 4.98 Å². The summed E-state index contributed by atoms with van der Waals surface area (Å²) in [7, 11) is 1.58. The van der Waals surface area contributed by atoms with E-state index in [9.17, 15) is 4.79 Å². The topological polar surface area (TPSA) is 58.8 Å². The van der Waals surface area contributed by atoms with Crippen molar-refractivity contribution in [3.8, 4) is 17.2 Å². The number of carbonyl (C=O) groups is 1. The zero-order valence-corrected chi connectivity index (χ0v) is 17.9. The summed E-state index contributed by atoms with van der Waals surface area (Å²) in [4.78, 5) is 21.7. The molecule has 156 valence electrons. The zero-order chi connectivity index (χ0) is 21.1. The van der Waals surface area contributed by atoms with Crippen molar-refractivity contribution < 1.29 is 13.9 Å². The average Bonchev–Trinajstić information content (AvgIpc) is 3.14. The number of hydrogen-bond donors (Lipinski definition) is 0. The van der Waals surface area contributed by atoms with Crippen LogP contribution < -0.4 is 4.74 Å². The van der Waals surface area contributed by atoms with Gasteiger partial charge in [0.2, 0.25) is 5.89 Å². The van der Waals surface area contributed by atoms with E-state index in [2.05, 4.69) is 9.88 Å². The molecule has 7 heteroatoms. The third-order valence-corrected chi connectivity index (χ3v) is 5.70. The highest BCUT2D eigenvalue weighted by atomic mass is 35.5. The van der Waals surface area contributed by atoms with E-state index in [4.69, 9.17) is 20.8 Å². The van der Waals surface area contributed by atoms with Gasteiger partial charge in [0, 0.05) is 32.7 Å². The molecule has 1 saturated heterocycles. The van der Waals surface area contributed by atoms with Crippen LogP contribution in [-0.2, 0) is 6.54 Å². The van der Waals surface area contributed by atoms with Gasteiger partial charge in [-0.15, -0.1) is 0 Å². The van der Waals surface area contributed by atoms with E-state index >= 15 is 0 Å². The smallest absolute Gasteiger partial charge is 0.257 e. The number of amides is 1. The first-order valence-electron chi connectivity index (χ1n) is 9.92. The number of hydrogen-bond acceptors (Lipinski definition) is 5. The lowest BCUT2D eigenvalue weighted by molar-refractivity contribution is 0.0623. The van der Waals surface area contributed by atoms with E-state index < -0.39 is 0 Å². The Bertz CT molecular complexity index is 1040. The number of carbonyl (C=O) groups excluding carboxylic acids is 1. The molecule has 3 aromatic rings. The normalized spacial score (nSPS) is 14.7. The number of nitrogens with zero attached hydrogens (tertiary/aromatic N) is 3. The van der Waals surface area contributed by atoms with Crippen molar-refractivity contribution in [1.82, 2.24) is 14.8 Å². The molecule has 0 N–H and O–H groups in total. The molecule has 1 aromatic heterocycles. The Hall–Kier alpha value is -2.83. The molecule has 2 heterocycles. The number of methoxy groups -OCH3 is 1.